The molecule has 0 spiro atoms. The van der Waals surface area contributed by atoms with Crippen LogP contribution in [0, 0.1) is 16.9 Å². The smallest absolute Gasteiger partial charge is 0.387 e. The normalized spacial score (nSPS) is 14.4. The summed E-state index contributed by atoms with van der Waals surface area (Å²) in [7, 11) is 0. The lowest BCUT2D eigenvalue weighted by molar-refractivity contribution is -0.614. The molecule has 1 amide bonds. The molecule has 0 saturated heterocycles. The van der Waals surface area contributed by atoms with Crippen LogP contribution in [0.4, 0.5) is 18.9 Å². The number of hydrogen-bond acceptors (Lipinski definition) is 4. The van der Waals surface area contributed by atoms with Crippen LogP contribution in [-0.2, 0) is 4.79 Å². The van der Waals surface area contributed by atoms with Crippen LogP contribution in [0.1, 0.15) is 54.1 Å². The Bertz CT molecular complexity index is 1330. The fourth-order valence-electron chi connectivity index (χ4n) is 4.77. The zero-order chi connectivity index (χ0) is 27.4. The number of hydrogen-bond donors (Lipinski definition) is 2. The molecule has 1 atom stereocenters. The molecule has 1 aliphatic carbocycles. The van der Waals surface area contributed by atoms with Gasteiger partial charge in [-0.15, -0.1) is 0 Å². The average Bonchev–Trinajstić information content (AvgIpc) is 3.38. The second-order valence-electron chi connectivity index (χ2n) is 9.09. The van der Waals surface area contributed by atoms with Gasteiger partial charge in [-0.1, -0.05) is 37.3 Å². The maximum absolute atomic E-state index is 14.8. The van der Waals surface area contributed by atoms with Gasteiger partial charge in [0.25, 0.3) is 0 Å². The van der Waals surface area contributed by atoms with Gasteiger partial charge in [0.2, 0.25) is 11.6 Å². The third-order valence-corrected chi connectivity index (χ3v) is 6.91. The molecule has 2 aromatic carbocycles. The van der Waals surface area contributed by atoms with Crippen LogP contribution in [0.2, 0.25) is 5.02 Å². The summed E-state index contributed by atoms with van der Waals surface area (Å²) in [6.45, 7) is -3.22. The van der Waals surface area contributed by atoms with E-state index in [-0.39, 0.29) is 27.8 Å². The van der Waals surface area contributed by atoms with Crippen molar-refractivity contribution in [3.63, 3.8) is 0 Å². The van der Waals surface area contributed by atoms with Crippen LogP contribution in [0.25, 0.3) is 11.1 Å². The second-order valence-corrected chi connectivity index (χ2v) is 9.50. The highest BCUT2D eigenvalue weighted by atomic mass is 35.5. The van der Waals surface area contributed by atoms with Gasteiger partial charge in [-0.05, 0) is 54.8 Å². The van der Waals surface area contributed by atoms with E-state index in [1.807, 2.05) is 0 Å². The molecule has 0 aliphatic heterocycles. The van der Waals surface area contributed by atoms with Crippen LogP contribution >= 0.6 is 11.6 Å². The number of aromatic nitrogens is 1. The van der Waals surface area contributed by atoms with Gasteiger partial charge < -0.3 is 20.4 Å². The summed E-state index contributed by atoms with van der Waals surface area (Å²) < 4.78 is 45.5. The van der Waals surface area contributed by atoms with Crippen molar-refractivity contribution in [2.45, 2.75) is 44.6 Å². The number of carbonyl (C=O) groups is 2. The number of halogens is 4. The molecule has 3 aromatic rings. The van der Waals surface area contributed by atoms with Crippen LogP contribution in [0.5, 0.6) is 5.75 Å². The number of aromatic carboxylic acids is 1. The number of amides is 1. The lowest BCUT2D eigenvalue weighted by Crippen LogP contribution is -2.37. The monoisotopic (exact) mass is 548 g/mol. The number of carbonyl (C=O) groups excluding carboxylic acids is 1. The predicted octanol–water partition coefficient (Wildman–Crippen LogP) is 6.38. The van der Waals surface area contributed by atoms with E-state index in [0.29, 0.717) is 16.8 Å². The molecule has 38 heavy (non-hydrogen) atoms. The Labute approximate surface area is 221 Å². The zero-order valence-corrected chi connectivity index (χ0v) is 20.8. The molecule has 7 nitrogen and oxygen atoms in total. The second kappa shape index (κ2) is 11.7. The van der Waals surface area contributed by atoms with Crippen LogP contribution < -0.4 is 14.8 Å². The van der Waals surface area contributed by atoms with Gasteiger partial charge in [0.05, 0.1) is 21.7 Å². The van der Waals surface area contributed by atoms with Gasteiger partial charge in [0.1, 0.15) is 11.7 Å². The lowest BCUT2D eigenvalue weighted by atomic mass is 9.89. The van der Waals surface area contributed by atoms with E-state index in [1.165, 1.54) is 36.4 Å². The molecule has 1 aromatic heterocycles. The fourth-order valence-corrected chi connectivity index (χ4v) is 4.93. The first-order valence-electron chi connectivity index (χ1n) is 11.9. The van der Waals surface area contributed by atoms with Gasteiger partial charge in [-0.25, -0.2) is 9.18 Å². The molecule has 11 heteroatoms. The standard InChI is InChI=1S/C27H24ClF3N2O5/c28-20-10-12-22(38-27(30)31)23(24(20)29)17-7-11-21(33(37)14-17)19(13-15-3-1-2-4-15)25(34)32-18-8-5-16(6-9-18)26(35)36/h5-12,14-15,19,27H,1-4,13H2,(H,32,34)(H,35,36)/t19-/m0/s1. The van der Waals surface area contributed by atoms with E-state index in [2.05, 4.69) is 10.1 Å². The van der Waals surface area contributed by atoms with E-state index in [1.54, 1.807) is 0 Å². The molecule has 0 radical (unpaired) electrons. The highest BCUT2D eigenvalue weighted by molar-refractivity contribution is 6.31. The number of ether oxygens (including phenoxy) is 1. The molecule has 1 fully saturated rings. The van der Waals surface area contributed by atoms with Crippen LogP contribution in [-0.4, -0.2) is 23.6 Å². The topological polar surface area (TPSA) is 103 Å². The number of pyridine rings is 1. The molecule has 4 rings (SSSR count). The lowest BCUT2D eigenvalue weighted by Gasteiger charge is -2.20. The minimum absolute atomic E-state index is 0.0521. The summed E-state index contributed by atoms with van der Waals surface area (Å²) in [5, 5.41) is 24.6. The van der Waals surface area contributed by atoms with Crippen molar-refractivity contribution in [3.8, 4) is 16.9 Å². The summed E-state index contributed by atoms with van der Waals surface area (Å²) in [5.41, 5.74) is 0.0641. The highest BCUT2D eigenvalue weighted by Crippen LogP contribution is 2.38. The van der Waals surface area contributed by atoms with E-state index in [0.717, 1.165) is 44.0 Å². The van der Waals surface area contributed by atoms with Crippen molar-refractivity contribution < 1.29 is 37.3 Å². The number of carboxylic acids is 1. The molecule has 0 bridgehead atoms. The Morgan fingerprint density at radius 1 is 1.11 bits per heavy atom. The van der Waals surface area contributed by atoms with E-state index < -0.39 is 41.5 Å². The first-order valence-corrected chi connectivity index (χ1v) is 12.3. The van der Waals surface area contributed by atoms with Gasteiger partial charge in [0, 0.05) is 11.8 Å². The first kappa shape index (κ1) is 27.3. The van der Waals surface area contributed by atoms with Crippen LogP contribution in [0.15, 0.2) is 54.7 Å². The minimum atomic E-state index is -3.22. The Kier molecular flexibility index (Phi) is 8.41. The minimum Gasteiger partial charge on any atom is -0.618 e. The van der Waals surface area contributed by atoms with Gasteiger partial charge in [-0.2, -0.15) is 13.5 Å². The van der Waals surface area contributed by atoms with Crippen LogP contribution in [0.3, 0.4) is 0 Å². The van der Waals surface area contributed by atoms with Gasteiger partial charge in [-0.3, -0.25) is 4.79 Å². The maximum atomic E-state index is 14.8. The van der Waals surface area contributed by atoms with E-state index >= 15 is 0 Å². The highest BCUT2D eigenvalue weighted by Gasteiger charge is 2.32. The Hall–Kier alpha value is -3.79. The predicted molar refractivity (Wildman–Crippen MR) is 134 cm³/mol. The third kappa shape index (κ3) is 6.19. The Morgan fingerprint density at radius 2 is 1.79 bits per heavy atom. The summed E-state index contributed by atoms with van der Waals surface area (Å²) >= 11 is 5.85. The molecule has 1 aliphatic rings. The Morgan fingerprint density at radius 3 is 2.39 bits per heavy atom. The van der Waals surface area contributed by atoms with Gasteiger partial charge >= 0.3 is 12.6 Å². The first-order chi connectivity index (χ1) is 18.1. The maximum Gasteiger partial charge on any atom is 0.387 e. The number of alkyl halides is 2. The molecule has 1 heterocycles. The quantitative estimate of drug-likeness (QED) is 0.238. The van der Waals surface area contributed by atoms with E-state index in [4.69, 9.17) is 16.7 Å². The SMILES string of the molecule is O=C(O)c1ccc(NC(=O)[C@@H](CC2CCCC2)c2ccc(-c3c(OC(F)F)ccc(Cl)c3F)c[n+]2[O-])cc1. The summed E-state index contributed by atoms with van der Waals surface area (Å²) in [6, 6.07) is 10.5. The number of anilines is 1. The number of benzene rings is 2. The fraction of sp³-hybridized carbons (Fsp3) is 0.296. The number of nitrogens with zero attached hydrogens (tertiary/aromatic N) is 1. The summed E-state index contributed by atoms with van der Waals surface area (Å²) in [6.07, 6.45) is 5.26. The van der Waals surface area contributed by atoms with Crippen molar-refractivity contribution in [2.24, 2.45) is 5.92 Å². The average molecular weight is 549 g/mol. The van der Waals surface area contributed by atoms with Gasteiger partial charge in [0.15, 0.2) is 12.0 Å². The zero-order valence-electron chi connectivity index (χ0n) is 20.0. The van der Waals surface area contributed by atoms with E-state index in [9.17, 15) is 28.0 Å². The summed E-state index contributed by atoms with van der Waals surface area (Å²) in [5.74, 6) is -3.73. The van der Waals surface area contributed by atoms with Crippen molar-refractivity contribution >= 4 is 29.2 Å². The van der Waals surface area contributed by atoms with Crippen molar-refractivity contribution in [2.75, 3.05) is 5.32 Å². The molecule has 200 valence electrons. The number of carboxylic acid groups (broad SMARTS) is 1. The molecule has 2 N–H and O–H groups in total. The number of rotatable bonds is 9. The Balaban J connectivity index is 1.67. The molecule has 0 unspecified atom stereocenters. The molecule has 1 saturated carbocycles. The largest absolute Gasteiger partial charge is 0.618 e. The molecular formula is C27H24ClF3N2O5. The van der Waals surface area contributed by atoms with Crippen molar-refractivity contribution in [1.29, 1.82) is 0 Å². The molecular weight excluding hydrogens is 525 g/mol. The summed E-state index contributed by atoms with van der Waals surface area (Å²) in [4.78, 5) is 24.4. The number of nitrogens with one attached hydrogen (secondary N) is 1. The van der Waals surface area contributed by atoms with Crippen molar-refractivity contribution in [1.82, 2.24) is 0 Å². The van der Waals surface area contributed by atoms with Crippen molar-refractivity contribution in [3.05, 3.63) is 82.0 Å². The third-order valence-electron chi connectivity index (χ3n) is 6.62.